The van der Waals surface area contributed by atoms with E-state index in [9.17, 15) is 9.59 Å². The zero-order valence-corrected chi connectivity index (χ0v) is 15.8. The third-order valence-corrected chi connectivity index (χ3v) is 4.13. The van der Waals surface area contributed by atoms with E-state index in [1.54, 1.807) is 18.2 Å². The van der Waals surface area contributed by atoms with Crippen LogP contribution in [-0.4, -0.2) is 32.1 Å². The summed E-state index contributed by atoms with van der Waals surface area (Å²) in [5.74, 6) is -0.522. The fourth-order valence-electron chi connectivity index (χ4n) is 2.61. The largest absolute Gasteiger partial charge is 0.465 e. The zero-order valence-electron chi connectivity index (χ0n) is 15.0. The topological polar surface area (TPSA) is 64.6 Å². The van der Waals surface area contributed by atoms with E-state index in [4.69, 9.17) is 21.1 Å². The highest BCUT2D eigenvalue weighted by molar-refractivity contribution is 6.30. The van der Waals surface area contributed by atoms with Gasteiger partial charge in [0.25, 0.3) is 0 Å². The standard InChI is InChI=1S/C20H22ClNO4/c1-13-7-8-16(20(24)25-3)12-18(13)19(26-10-9-22-14(2)23)15-5-4-6-17(21)11-15/h4-8,11-12,19H,9-10H2,1-3H3,(H,22,23)/t19-/m0/s1. The number of esters is 1. The number of amides is 1. The molecular formula is C20H22ClNO4. The Morgan fingerprint density at radius 1 is 1.19 bits per heavy atom. The first-order valence-electron chi connectivity index (χ1n) is 8.22. The van der Waals surface area contributed by atoms with Crippen molar-refractivity contribution in [3.8, 4) is 0 Å². The molecule has 1 atom stereocenters. The maximum atomic E-state index is 11.9. The Hall–Kier alpha value is -2.37. The van der Waals surface area contributed by atoms with Gasteiger partial charge in [0, 0.05) is 18.5 Å². The molecule has 26 heavy (non-hydrogen) atoms. The van der Waals surface area contributed by atoms with Crippen molar-refractivity contribution in [3.05, 3.63) is 69.7 Å². The minimum absolute atomic E-state index is 0.114. The molecule has 0 bridgehead atoms. The predicted octanol–water partition coefficient (Wildman–Crippen LogP) is 3.68. The number of methoxy groups -OCH3 is 1. The van der Waals surface area contributed by atoms with Crippen molar-refractivity contribution in [2.75, 3.05) is 20.3 Å². The molecule has 0 spiro atoms. The Morgan fingerprint density at radius 3 is 2.62 bits per heavy atom. The van der Waals surface area contributed by atoms with E-state index >= 15 is 0 Å². The van der Waals surface area contributed by atoms with Gasteiger partial charge in [0.2, 0.25) is 5.91 Å². The summed E-state index contributed by atoms with van der Waals surface area (Å²) >= 11 is 6.14. The molecule has 0 aromatic heterocycles. The summed E-state index contributed by atoms with van der Waals surface area (Å²) in [6.45, 7) is 4.12. The van der Waals surface area contributed by atoms with Crippen LogP contribution in [0.15, 0.2) is 42.5 Å². The van der Waals surface area contributed by atoms with Crippen molar-refractivity contribution in [3.63, 3.8) is 0 Å². The highest BCUT2D eigenvalue weighted by Crippen LogP contribution is 2.31. The lowest BCUT2D eigenvalue weighted by molar-refractivity contribution is -0.119. The Morgan fingerprint density at radius 2 is 1.96 bits per heavy atom. The minimum atomic E-state index is -0.424. The smallest absolute Gasteiger partial charge is 0.337 e. The Kier molecular flexibility index (Phi) is 7.18. The van der Waals surface area contributed by atoms with Gasteiger partial charge in [0.05, 0.1) is 19.3 Å². The predicted molar refractivity (Wildman–Crippen MR) is 100 cm³/mol. The molecule has 5 nitrogen and oxygen atoms in total. The van der Waals surface area contributed by atoms with Crippen LogP contribution in [-0.2, 0) is 14.3 Å². The van der Waals surface area contributed by atoms with Gasteiger partial charge in [-0.1, -0.05) is 29.8 Å². The summed E-state index contributed by atoms with van der Waals surface area (Å²) in [5, 5.41) is 3.30. The lowest BCUT2D eigenvalue weighted by atomic mass is 9.95. The number of aryl methyl sites for hydroxylation is 1. The van der Waals surface area contributed by atoms with Crippen LogP contribution < -0.4 is 5.32 Å². The van der Waals surface area contributed by atoms with Crippen molar-refractivity contribution in [1.82, 2.24) is 5.32 Å². The molecule has 0 aliphatic heterocycles. The van der Waals surface area contributed by atoms with Crippen molar-refractivity contribution >= 4 is 23.5 Å². The molecule has 0 aliphatic rings. The minimum Gasteiger partial charge on any atom is -0.465 e. The maximum absolute atomic E-state index is 11.9. The van der Waals surface area contributed by atoms with E-state index in [1.165, 1.54) is 14.0 Å². The molecule has 2 aromatic carbocycles. The number of ether oxygens (including phenoxy) is 2. The van der Waals surface area contributed by atoms with Gasteiger partial charge in [-0.3, -0.25) is 4.79 Å². The van der Waals surface area contributed by atoms with E-state index in [2.05, 4.69) is 5.32 Å². The summed E-state index contributed by atoms with van der Waals surface area (Å²) in [6, 6.07) is 12.7. The van der Waals surface area contributed by atoms with Gasteiger partial charge in [-0.2, -0.15) is 0 Å². The van der Waals surface area contributed by atoms with E-state index in [0.717, 1.165) is 16.7 Å². The van der Waals surface area contributed by atoms with E-state index in [1.807, 2.05) is 31.2 Å². The molecule has 0 aliphatic carbocycles. The fraction of sp³-hybridized carbons (Fsp3) is 0.300. The monoisotopic (exact) mass is 375 g/mol. The van der Waals surface area contributed by atoms with Crippen molar-refractivity contribution < 1.29 is 19.1 Å². The average molecular weight is 376 g/mol. The first kappa shape index (κ1) is 19.9. The van der Waals surface area contributed by atoms with Crippen LogP contribution >= 0.6 is 11.6 Å². The third-order valence-electron chi connectivity index (χ3n) is 3.89. The number of hydrogen-bond donors (Lipinski definition) is 1. The molecule has 0 heterocycles. The van der Waals surface area contributed by atoms with Crippen molar-refractivity contribution in [2.24, 2.45) is 0 Å². The third kappa shape index (κ3) is 5.31. The second kappa shape index (κ2) is 9.36. The lowest BCUT2D eigenvalue weighted by Crippen LogP contribution is -2.25. The first-order valence-corrected chi connectivity index (χ1v) is 8.60. The molecular weight excluding hydrogens is 354 g/mol. The SMILES string of the molecule is COC(=O)c1ccc(C)c([C@@H](OCCNC(C)=O)c2cccc(Cl)c2)c1. The van der Waals surface area contributed by atoms with Crippen LogP contribution in [0.25, 0.3) is 0 Å². The van der Waals surface area contributed by atoms with Crippen LogP contribution in [0.1, 0.15) is 40.1 Å². The van der Waals surface area contributed by atoms with Crippen LogP contribution in [0.5, 0.6) is 0 Å². The summed E-state index contributed by atoms with van der Waals surface area (Å²) in [6.07, 6.45) is -0.424. The van der Waals surface area contributed by atoms with Crippen LogP contribution in [0, 0.1) is 6.92 Å². The van der Waals surface area contributed by atoms with Crippen LogP contribution in [0.2, 0.25) is 5.02 Å². The molecule has 6 heteroatoms. The number of nitrogens with one attached hydrogen (secondary N) is 1. The Bertz CT molecular complexity index is 791. The molecule has 0 fully saturated rings. The van der Waals surface area contributed by atoms with Gasteiger partial charge < -0.3 is 14.8 Å². The van der Waals surface area contributed by atoms with Crippen LogP contribution in [0.4, 0.5) is 0 Å². The number of halogens is 1. The van der Waals surface area contributed by atoms with E-state index < -0.39 is 12.1 Å². The van der Waals surface area contributed by atoms with Gasteiger partial charge in [-0.05, 0) is 47.9 Å². The number of carbonyl (C=O) groups is 2. The Labute approximate surface area is 158 Å². The van der Waals surface area contributed by atoms with Gasteiger partial charge in [-0.15, -0.1) is 0 Å². The van der Waals surface area contributed by atoms with Gasteiger partial charge in [0.1, 0.15) is 6.10 Å². The molecule has 0 radical (unpaired) electrons. The molecule has 138 valence electrons. The lowest BCUT2D eigenvalue weighted by Gasteiger charge is -2.22. The molecule has 2 aromatic rings. The number of carbonyl (C=O) groups excluding carboxylic acids is 2. The highest BCUT2D eigenvalue weighted by Gasteiger charge is 2.19. The van der Waals surface area contributed by atoms with Crippen molar-refractivity contribution in [2.45, 2.75) is 20.0 Å². The van der Waals surface area contributed by atoms with E-state index in [-0.39, 0.29) is 5.91 Å². The second-order valence-corrected chi connectivity index (χ2v) is 6.29. The molecule has 1 N–H and O–H groups in total. The van der Waals surface area contributed by atoms with Gasteiger partial charge in [0.15, 0.2) is 0 Å². The van der Waals surface area contributed by atoms with Gasteiger partial charge >= 0.3 is 5.97 Å². The summed E-state index contributed by atoms with van der Waals surface area (Å²) in [4.78, 5) is 22.9. The quantitative estimate of drug-likeness (QED) is 0.592. The molecule has 0 unspecified atom stereocenters. The number of rotatable bonds is 7. The highest BCUT2D eigenvalue weighted by atomic mass is 35.5. The summed E-state index contributed by atoms with van der Waals surface area (Å²) in [7, 11) is 1.35. The first-order chi connectivity index (χ1) is 12.4. The van der Waals surface area contributed by atoms with E-state index in [0.29, 0.717) is 23.7 Å². The number of hydrogen-bond acceptors (Lipinski definition) is 4. The molecule has 1 amide bonds. The number of benzene rings is 2. The Balaban J connectivity index is 2.36. The fourth-order valence-corrected chi connectivity index (χ4v) is 2.81. The van der Waals surface area contributed by atoms with Crippen molar-refractivity contribution in [1.29, 1.82) is 0 Å². The molecule has 0 saturated carbocycles. The molecule has 0 saturated heterocycles. The maximum Gasteiger partial charge on any atom is 0.337 e. The zero-order chi connectivity index (χ0) is 19.1. The van der Waals surface area contributed by atoms with Crippen LogP contribution in [0.3, 0.4) is 0 Å². The summed E-state index contributed by atoms with van der Waals surface area (Å²) < 4.78 is 10.9. The van der Waals surface area contributed by atoms with Gasteiger partial charge in [-0.25, -0.2) is 4.79 Å². The second-order valence-electron chi connectivity index (χ2n) is 5.85. The normalized spacial score (nSPS) is 11.7. The molecule has 2 rings (SSSR count). The summed E-state index contributed by atoms with van der Waals surface area (Å²) in [5.41, 5.74) is 3.14. The average Bonchev–Trinajstić information content (AvgIpc) is 2.61.